The molecule has 0 saturated heterocycles. The molecule has 1 amide bonds. The SMILES string of the molecule is Cc1ccc(/C=N/NC(=O)c2cccc3ccccc23)s1. The predicted octanol–water partition coefficient (Wildman–Crippen LogP) is 3.97. The zero-order chi connectivity index (χ0) is 14.7. The molecule has 3 aromatic rings. The van der Waals surface area contributed by atoms with Crippen molar-refractivity contribution >= 4 is 34.2 Å². The number of carbonyl (C=O) groups is 1. The normalized spacial score (nSPS) is 11.1. The van der Waals surface area contributed by atoms with Gasteiger partial charge in [-0.3, -0.25) is 4.79 Å². The number of nitrogens with zero attached hydrogens (tertiary/aromatic N) is 1. The number of aryl methyl sites for hydroxylation is 1. The number of benzene rings is 2. The van der Waals surface area contributed by atoms with Crippen LogP contribution in [0.1, 0.15) is 20.1 Å². The van der Waals surface area contributed by atoms with Crippen molar-refractivity contribution in [3.63, 3.8) is 0 Å². The first-order chi connectivity index (χ1) is 10.2. The van der Waals surface area contributed by atoms with Crippen molar-refractivity contribution in [1.29, 1.82) is 0 Å². The van der Waals surface area contributed by atoms with E-state index in [4.69, 9.17) is 0 Å². The molecule has 0 aliphatic rings. The minimum Gasteiger partial charge on any atom is -0.267 e. The zero-order valence-electron chi connectivity index (χ0n) is 11.5. The van der Waals surface area contributed by atoms with Gasteiger partial charge in [-0.1, -0.05) is 36.4 Å². The van der Waals surface area contributed by atoms with Gasteiger partial charge < -0.3 is 0 Å². The first-order valence-corrected chi connectivity index (χ1v) is 7.43. The molecule has 0 spiro atoms. The average Bonchev–Trinajstić information content (AvgIpc) is 2.92. The van der Waals surface area contributed by atoms with Crippen molar-refractivity contribution in [3.8, 4) is 0 Å². The van der Waals surface area contributed by atoms with Gasteiger partial charge in [0.05, 0.1) is 6.21 Å². The number of hydrogen-bond donors (Lipinski definition) is 1. The van der Waals surface area contributed by atoms with Gasteiger partial charge in [-0.15, -0.1) is 11.3 Å². The Labute approximate surface area is 126 Å². The van der Waals surface area contributed by atoms with Crippen molar-refractivity contribution in [3.05, 3.63) is 69.9 Å². The third-order valence-electron chi connectivity index (χ3n) is 3.15. The third kappa shape index (κ3) is 3.01. The Morgan fingerprint density at radius 1 is 1.10 bits per heavy atom. The molecule has 0 radical (unpaired) electrons. The first kappa shape index (κ1) is 13.5. The lowest BCUT2D eigenvalue weighted by Crippen LogP contribution is -2.17. The molecule has 1 N–H and O–H groups in total. The molecule has 4 heteroatoms. The Hall–Kier alpha value is -2.46. The summed E-state index contributed by atoms with van der Waals surface area (Å²) in [6, 6.07) is 17.5. The Morgan fingerprint density at radius 2 is 1.90 bits per heavy atom. The maximum absolute atomic E-state index is 12.2. The van der Waals surface area contributed by atoms with E-state index >= 15 is 0 Å². The summed E-state index contributed by atoms with van der Waals surface area (Å²) >= 11 is 1.64. The number of rotatable bonds is 3. The molecule has 0 aliphatic heterocycles. The zero-order valence-corrected chi connectivity index (χ0v) is 12.4. The lowest BCUT2D eigenvalue weighted by molar-refractivity contribution is 0.0957. The summed E-state index contributed by atoms with van der Waals surface area (Å²) in [4.78, 5) is 14.5. The Balaban J connectivity index is 1.80. The maximum Gasteiger partial charge on any atom is 0.271 e. The van der Waals surface area contributed by atoms with E-state index < -0.39 is 0 Å². The molecule has 0 atom stereocenters. The van der Waals surface area contributed by atoms with Crippen molar-refractivity contribution in [2.45, 2.75) is 6.92 Å². The van der Waals surface area contributed by atoms with Crippen LogP contribution in [0.3, 0.4) is 0 Å². The molecule has 104 valence electrons. The molecule has 3 rings (SSSR count). The van der Waals surface area contributed by atoms with Crippen molar-refractivity contribution < 1.29 is 4.79 Å². The summed E-state index contributed by atoms with van der Waals surface area (Å²) < 4.78 is 0. The van der Waals surface area contributed by atoms with Gasteiger partial charge in [0.1, 0.15) is 0 Å². The van der Waals surface area contributed by atoms with Gasteiger partial charge in [0.2, 0.25) is 0 Å². The number of fused-ring (bicyclic) bond motifs is 1. The standard InChI is InChI=1S/C17H14N2OS/c1-12-9-10-14(21-12)11-18-19-17(20)16-8-4-6-13-5-2-3-7-15(13)16/h2-11H,1H3,(H,19,20)/b18-11+. The van der Waals surface area contributed by atoms with Crippen molar-refractivity contribution in [2.75, 3.05) is 0 Å². The van der Waals surface area contributed by atoms with Crippen LogP contribution in [0.5, 0.6) is 0 Å². The van der Waals surface area contributed by atoms with E-state index in [0.717, 1.165) is 15.6 Å². The summed E-state index contributed by atoms with van der Waals surface area (Å²) in [5.41, 5.74) is 3.22. The van der Waals surface area contributed by atoms with Crippen LogP contribution in [-0.4, -0.2) is 12.1 Å². The highest BCUT2D eigenvalue weighted by atomic mass is 32.1. The lowest BCUT2D eigenvalue weighted by atomic mass is 10.0. The summed E-state index contributed by atoms with van der Waals surface area (Å²) in [5, 5.41) is 6.00. The number of thiophene rings is 1. The molecule has 0 saturated carbocycles. The fourth-order valence-corrected chi connectivity index (χ4v) is 2.91. The van der Waals surface area contributed by atoms with Gasteiger partial charge in [0, 0.05) is 15.3 Å². The van der Waals surface area contributed by atoms with Gasteiger partial charge in [-0.2, -0.15) is 5.10 Å². The molecule has 2 aromatic carbocycles. The average molecular weight is 294 g/mol. The van der Waals surface area contributed by atoms with Gasteiger partial charge >= 0.3 is 0 Å². The molecule has 1 heterocycles. The highest BCUT2D eigenvalue weighted by Crippen LogP contribution is 2.18. The molecular formula is C17H14N2OS. The minimum absolute atomic E-state index is 0.198. The molecule has 0 unspecified atom stereocenters. The van der Waals surface area contributed by atoms with Crippen LogP contribution >= 0.6 is 11.3 Å². The van der Waals surface area contributed by atoms with Crippen LogP contribution in [-0.2, 0) is 0 Å². The van der Waals surface area contributed by atoms with E-state index in [9.17, 15) is 4.79 Å². The van der Waals surface area contributed by atoms with Crippen LogP contribution in [0.25, 0.3) is 10.8 Å². The number of amides is 1. The summed E-state index contributed by atoms with van der Waals surface area (Å²) in [6.45, 7) is 2.04. The van der Waals surface area contributed by atoms with Gasteiger partial charge in [-0.25, -0.2) is 5.43 Å². The molecule has 21 heavy (non-hydrogen) atoms. The number of hydrazone groups is 1. The minimum atomic E-state index is -0.198. The topological polar surface area (TPSA) is 41.5 Å². The highest BCUT2D eigenvalue weighted by molar-refractivity contribution is 7.13. The number of nitrogens with one attached hydrogen (secondary N) is 1. The molecule has 1 aromatic heterocycles. The lowest BCUT2D eigenvalue weighted by Gasteiger charge is -2.04. The van der Waals surface area contributed by atoms with Crippen molar-refractivity contribution in [2.24, 2.45) is 5.10 Å². The Bertz CT molecular complexity index is 815. The third-order valence-corrected chi connectivity index (χ3v) is 4.09. The second-order valence-electron chi connectivity index (χ2n) is 4.67. The monoisotopic (exact) mass is 294 g/mol. The smallest absolute Gasteiger partial charge is 0.267 e. The van der Waals surface area contributed by atoms with Crippen LogP contribution in [0.15, 0.2) is 59.7 Å². The van der Waals surface area contributed by atoms with Crippen LogP contribution < -0.4 is 5.43 Å². The summed E-state index contributed by atoms with van der Waals surface area (Å²) in [7, 11) is 0. The van der Waals surface area contributed by atoms with Gasteiger partial charge in [-0.05, 0) is 35.9 Å². The van der Waals surface area contributed by atoms with Crippen LogP contribution in [0.4, 0.5) is 0 Å². The van der Waals surface area contributed by atoms with Gasteiger partial charge in [0.25, 0.3) is 5.91 Å². The van der Waals surface area contributed by atoms with E-state index in [2.05, 4.69) is 10.5 Å². The van der Waals surface area contributed by atoms with E-state index in [-0.39, 0.29) is 5.91 Å². The number of carbonyl (C=O) groups excluding carboxylic acids is 1. The van der Waals surface area contributed by atoms with E-state index in [1.165, 1.54) is 4.88 Å². The summed E-state index contributed by atoms with van der Waals surface area (Å²) in [6.07, 6.45) is 1.67. The fraction of sp³-hybridized carbons (Fsp3) is 0.0588. The highest BCUT2D eigenvalue weighted by Gasteiger charge is 2.08. The fourth-order valence-electron chi connectivity index (χ4n) is 2.16. The largest absolute Gasteiger partial charge is 0.271 e. The Morgan fingerprint density at radius 3 is 2.71 bits per heavy atom. The molecule has 0 fully saturated rings. The Kier molecular flexibility index (Phi) is 3.79. The van der Waals surface area contributed by atoms with E-state index in [1.54, 1.807) is 17.6 Å². The second-order valence-corrected chi connectivity index (χ2v) is 5.99. The van der Waals surface area contributed by atoms with E-state index in [1.807, 2.05) is 61.5 Å². The van der Waals surface area contributed by atoms with Crippen molar-refractivity contribution in [1.82, 2.24) is 5.43 Å². The maximum atomic E-state index is 12.2. The van der Waals surface area contributed by atoms with Crippen LogP contribution in [0, 0.1) is 6.92 Å². The molecular weight excluding hydrogens is 280 g/mol. The quantitative estimate of drug-likeness (QED) is 0.576. The number of hydrogen-bond acceptors (Lipinski definition) is 3. The van der Waals surface area contributed by atoms with Crippen LogP contribution in [0.2, 0.25) is 0 Å². The first-order valence-electron chi connectivity index (χ1n) is 6.61. The second kappa shape index (κ2) is 5.89. The van der Waals surface area contributed by atoms with Gasteiger partial charge in [0.15, 0.2) is 0 Å². The predicted molar refractivity (Wildman–Crippen MR) is 88.1 cm³/mol. The summed E-state index contributed by atoms with van der Waals surface area (Å²) in [5.74, 6) is -0.198. The molecule has 0 bridgehead atoms. The molecule has 0 aliphatic carbocycles. The van der Waals surface area contributed by atoms with E-state index in [0.29, 0.717) is 5.56 Å². The molecule has 3 nitrogen and oxygen atoms in total.